The fourth-order valence-corrected chi connectivity index (χ4v) is 1.85. The van der Waals surface area contributed by atoms with Crippen LogP contribution in [0.25, 0.3) is 0 Å². The molecule has 3 nitrogen and oxygen atoms in total. The van der Waals surface area contributed by atoms with Gasteiger partial charge in [0.25, 0.3) is 5.91 Å². The number of hydrogen-bond acceptors (Lipinski definition) is 2. The molecule has 1 amide bonds. The van der Waals surface area contributed by atoms with E-state index in [1.807, 2.05) is 19.1 Å². The highest BCUT2D eigenvalue weighted by molar-refractivity contribution is 9.10. The maximum atomic E-state index is 13.3. The Hall–Kier alpha value is -1.75. The van der Waals surface area contributed by atoms with Gasteiger partial charge in [0, 0.05) is 10.7 Å². The Kier molecular flexibility index (Phi) is 3.72. The van der Waals surface area contributed by atoms with E-state index in [-0.39, 0.29) is 5.56 Å². The van der Waals surface area contributed by atoms with Gasteiger partial charge in [-0.2, -0.15) is 4.39 Å². The first-order chi connectivity index (χ1) is 8.59. The Labute approximate surface area is 112 Å². The van der Waals surface area contributed by atoms with E-state index in [9.17, 15) is 9.18 Å². The van der Waals surface area contributed by atoms with E-state index in [1.165, 1.54) is 18.3 Å². The van der Waals surface area contributed by atoms with Crippen molar-refractivity contribution in [3.63, 3.8) is 0 Å². The molecule has 0 atom stereocenters. The molecule has 0 fully saturated rings. The third kappa shape index (κ3) is 2.56. The van der Waals surface area contributed by atoms with Crippen molar-refractivity contribution < 1.29 is 9.18 Å². The molecule has 0 unspecified atom stereocenters. The molecule has 0 saturated carbocycles. The topological polar surface area (TPSA) is 42.0 Å². The fourth-order valence-electron chi connectivity index (χ4n) is 1.49. The van der Waals surface area contributed by atoms with Crippen molar-refractivity contribution in [1.29, 1.82) is 0 Å². The quantitative estimate of drug-likeness (QED) is 0.862. The lowest BCUT2D eigenvalue weighted by Gasteiger charge is -2.09. The van der Waals surface area contributed by atoms with Gasteiger partial charge in [-0.15, -0.1) is 0 Å². The number of benzene rings is 1. The molecule has 0 aliphatic carbocycles. The number of anilines is 1. The van der Waals surface area contributed by atoms with Crippen LogP contribution in [0.2, 0.25) is 0 Å². The van der Waals surface area contributed by atoms with Gasteiger partial charge in [0.1, 0.15) is 0 Å². The molecule has 92 valence electrons. The number of amides is 1. The van der Waals surface area contributed by atoms with Crippen molar-refractivity contribution in [2.75, 3.05) is 5.32 Å². The van der Waals surface area contributed by atoms with Crippen LogP contribution in [-0.2, 0) is 0 Å². The zero-order chi connectivity index (χ0) is 13.1. The van der Waals surface area contributed by atoms with Gasteiger partial charge in [-0.1, -0.05) is 12.1 Å². The number of rotatable bonds is 2. The first-order valence-corrected chi connectivity index (χ1v) is 6.06. The predicted molar refractivity (Wildman–Crippen MR) is 71.0 cm³/mol. The first kappa shape index (κ1) is 12.7. The van der Waals surface area contributed by atoms with Gasteiger partial charge in [0.2, 0.25) is 5.95 Å². The summed E-state index contributed by atoms with van der Waals surface area (Å²) in [6, 6.07) is 8.37. The minimum absolute atomic E-state index is 0.0779. The number of aryl methyl sites for hydroxylation is 1. The summed E-state index contributed by atoms with van der Waals surface area (Å²) < 4.78 is 14.1. The molecule has 1 aromatic carbocycles. The molecule has 1 aromatic heterocycles. The third-order valence-corrected chi connectivity index (χ3v) is 3.50. The van der Waals surface area contributed by atoms with Gasteiger partial charge in [-0.05, 0) is 46.6 Å². The Balaban J connectivity index is 2.27. The van der Waals surface area contributed by atoms with Crippen LogP contribution in [0.15, 0.2) is 41.0 Å². The van der Waals surface area contributed by atoms with Gasteiger partial charge in [-0.3, -0.25) is 4.79 Å². The lowest BCUT2D eigenvalue weighted by atomic mass is 10.2. The highest BCUT2D eigenvalue weighted by Gasteiger charge is 2.13. The van der Waals surface area contributed by atoms with Gasteiger partial charge < -0.3 is 5.32 Å². The number of nitrogens with one attached hydrogen (secondary N) is 1. The second kappa shape index (κ2) is 5.27. The van der Waals surface area contributed by atoms with Crippen LogP contribution in [0.5, 0.6) is 0 Å². The number of nitrogens with zero attached hydrogens (tertiary/aromatic N) is 1. The summed E-state index contributed by atoms with van der Waals surface area (Å²) in [6.45, 7) is 1.91. The van der Waals surface area contributed by atoms with Crippen LogP contribution in [0.4, 0.5) is 10.1 Å². The van der Waals surface area contributed by atoms with E-state index >= 15 is 0 Å². The summed E-state index contributed by atoms with van der Waals surface area (Å²) in [5.41, 5.74) is 1.51. The summed E-state index contributed by atoms with van der Waals surface area (Å²) in [7, 11) is 0. The molecular weight excluding hydrogens is 299 g/mol. The molecule has 0 spiro atoms. The Morgan fingerprint density at radius 1 is 1.33 bits per heavy atom. The Bertz CT molecular complexity index is 601. The smallest absolute Gasteiger partial charge is 0.260 e. The van der Waals surface area contributed by atoms with Crippen molar-refractivity contribution >= 4 is 27.5 Å². The predicted octanol–water partition coefficient (Wildman–Crippen LogP) is 3.54. The third-order valence-electron chi connectivity index (χ3n) is 2.44. The molecule has 0 radical (unpaired) electrons. The van der Waals surface area contributed by atoms with E-state index in [2.05, 4.69) is 26.2 Å². The molecule has 5 heteroatoms. The number of hydrogen-bond donors (Lipinski definition) is 1. The van der Waals surface area contributed by atoms with E-state index < -0.39 is 11.9 Å². The van der Waals surface area contributed by atoms with Crippen LogP contribution < -0.4 is 5.32 Å². The zero-order valence-electron chi connectivity index (χ0n) is 9.58. The van der Waals surface area contributed by atoms with Gasteiger partial charge in [0.15, 0.2) is 0 Å². The molecule has 2 aromatic rings. The standard InChI is InChI=1S/C13H10BrFN2O/c1-8-4-2-6-10(11(8)14)17-13(18)9-5-3-7-16-12(9)15/h2-7H,1H3,(H,17,18). The summed E-state index contributed by atoms with van der Waals surface area (Å²) in [5, 5.41) is 2.64. The second-order valence-corrected chi connectivity index (χ2v) is 4.53. The van der Waals surface area contributed by atoms with Crippen LogP contribution in [-0.4, -0.2) is 10.9 Å². The fraction of sp³-hybridized carbons (Fsp3) is 0.0769. The maximum absolute atomic E-state index is 13.3. The summed E-state index contributed by atoms with van der Waals surface area (Å²) in [4.78, 5) is 15.3. The van der Waals surface area contributed by atoms with Crippen LogP contribution in [0, 0.1) is 12.9 Å². The van der Waals surface area contributed by atoms with Gasteiger partial charge in [0.05, 0.1) is 11.3 Å². The monoisotopic (exact) mass is 308 g/mol. The molecule has 1 heterocycles. The molecular formula is C13H10BrFN2O. The normalized spacial score (nSPS) is 10.2. The Morgan fingerprint density at radius 3 is 2.83 bits per heavy atom. The summed E-state index contributed by atoms with van der Waals surface area (Å²) in [6.07, 6.45) is 1.30. The minimum Gasteiger partial charge on any atom is -0.321 e. The van der Waals surface area contributed by atoms with E-state index in [0.29, 0.717) is 5.69 Å². The Morgan fingerprint density at radius 2 is 2.11 bits per heavy atom. The van der Waals surface area contributed by atoms with Gasteiger partial charge >= 0.3 is 0 Å². The molecule has 0 saturated heterocycles. The average Bonchev–Trinajstić information content (AvgIpc) is 2.35. The molecule has 0 aliphatic rings. The van der Waals surface area contributed by atoms with E-state index in [0.717, 1.165) is 10.0 Å². The summed E-state index contributed by atoms with van der Waals surface area (Å²) >= 11 is 3.38. The minimum atomic E-state index is -0.779. The average molecular weight is 309 g/mol. The number of carbonyl (C=O) groups is 1. The van der Waals surface area contributed by atoms with E-state index in [4.69, 9.17) is 0 Å². The maximum Gasteiger partial charge on any atom is 0.260 e. The lowest BCUT2D eigenvalue weighted by Crippen LogP contribution is -2.14. The SMILES string of the molecule is Cc1cccc(NC(=O)c2cccnc2F)c1Br. The van der Waals surface area contributed by atoms with Crippen molar-refractivity contribution in [3.05, 3.63) is 58.1 Å². The highest BCUT2D eigenvalue weighted by Crippen LogP contribution is 2.26. The van der Waals surface area contributed by atoms with Gasteiger partial charge in [-0.25, -0.2) is 4.98 Å². The number of pyridine rings is 1. The second-order valence-electron chi connectivity index (χ2n) is 3.73. The van der Waals surface area contributed by atoms with Crippen molar-refractivity contribution in [2.45, 2.75) is 6.92 Å². The van der Waals surface area contributed by atoms with Crippen molar-refractivity contribution in [2.24, 2.45) is 0 Å². The van der Waals surface area contributed by atoms with Crippen LogP contribution in [0.3, 0.4) is 0 Å². The molecule has 18 heavy (non-hydrogen) atoms. The molecule has 0 aliphatic heterocycles. The summed E-state index contributed by atoms with van der Waals surface area (Å²) in [5.74, 6) is -1.30. The number of aromatic nitrogens is 1. The lowest BCUT2D eigenvalue weighted by molar-refractivity contribution is 0.102. The first-order valence-electron chi connectivity index (χ1n) is 5.26. The number of halogens is 2. The molecule has 2 rings (SSSR count). The van der Waals surface area contributed by atoms with Crippen molar-refractivity contribution in [1.82, 2.24) is 4.98 Å². The number of carbonyl (C=O) groups excluding carboxylic acids is 1. The molecule has 0 bridgehead atoms. The van der Waals surface area contributed by atoms with Crippen LogP contribution in [0.1, 0.15) is 15.9 Å². The molecule has 1 N–H and O–H groups in total. The largest absolute Gasteiger partial charge is 0.321 e. The van der Waals surface area contributed by atoms with Crippen molar-refractivity contribution in [3.8, 4) is 0 Å². The zero-order valence-corrected chi connectivity index (χ0v) is 11.2. The van der Waals surface area contributed by atoms with E-state index in [1.54, 1.807) is 6.07 Å². The highest BCUT2D eigenvalue weighted by atomic mass is 79.9. The van der Waals surface area contributed by atoms with Crippen LogP contribution >= 0.6 is 15.9 Å².